The number of rotatable bonds is 5. The van der Waals surface area contributed by atoms with Crippen LogP contribution < -0.4 is 10.1 Å². The van der Waals surface area contributed by atoms with Gasteiger partial charge in [0.25, 0.3) is 5.91 Å². The standard InChI is InChI=1S/C26H21ClN2O3S/c1-14(2)15-8-11-21-19(12-15)29-26(32-21)16-9-10-20(31-3)18(13-16)28-25(30)24-23(27)17-6-4-5-7-22(17)33-24/h4-14H,1-3H3,(H,28,30). The van der Waals surface area contributed by atoms with Gasteiger partial charge in [-0.2, -0.15) is 0 Å². The summed E-state index contributed by atoms with van der Waals surface area (Å²) in [7, 11) is 1.56. The average Bonchev–Trinajstić information content (AvgIpc) is 3.40. The first-order valence-electron chi connectivity index (χ1n) is 10.5. The zero-order valence-corrected chi connectivity index (χ0v) is 19.9. The normalized spacial score (nSPS) is 11.4. The fourth-order valence-electron chi connectivity index (χ4n) is 3.70. The Kier molecular flexibility index (Phi) is 5.56. The minimum Gasteiger partial charge on any atom is -0.495 e. The van der Waals surface area contributed by atoms with Crippen molar-refractivity contribution in [2.75, 3.05) is 12.4 Å². The van der Waals surface area contributed by atoms with Gasteiger partial charge in [0.05, 0.1) is 17.8 Å². The Balaban J connectivity index is 1.50. The van der Waals surface area contributed by atoms with Crippen molar-refractivity contribution < 1.29 is 13.9 Å². The highest BCUT2D eigenvalue weighted by Gasteiger charge is 2.19. The van der Waals surface area contributed by atoms with E-state index in [2.05, 4.69) is 30.2 Å². The van der Waals surface area contributed by atoms with Crippen LogP contribution in [0.5, 0.6) is 5.75 Å². The Morgan fingerprint density at radius 3 is 2.70 bits per heavy atom. The third-order valence-corrected chi connectivity index (χ3v) is 7.19. The van der Waals surface area contributed by atoms with Crippen LogP contribution in [0, 0.1) is 0 Å². The zero-order valence-electron chi connectivity index (χ0n) is 18.3. The predicted octanol–water partition coefficient (Wildman–Crippen LogP) is 7.75. The van der Waals surface area contributed by atoms with Crippen LogP contribution >= 0.6 is 22.9 Å². The van der Waals surface area contributed by atoms with E-state index in [1.54, 1.807) is 19.2 Å². The smallest absolute Gasteiger partial charge is 0.267 e. The first-order valence-corrected chi connectivity index (χ1v) is 11.7. The van der Waals surface area contributed by atoms with Crippen molar-refractivity contribution in [1.82, 2.24) is 4.98 Å². The third-order valence-electron chi connectivity index (χ3n) is 5.51. The highest BCUT2D eigenvalue weighted by Crippen LogP contribution is 2.37. The van der Waals surface area contributed by atoms with Crippen molar-refractivity contribution in [2.24, 2.45) is 0 Å². The van der Waals surface area contributed by atoms with E-state index in [0.717, 1.165) is 21.2 Å². The molecule has 5 aromatic rings. The molecule has 3 aromatic carbocycles. The number of nitrogens with zero attached hydrogens (tertiary/aromatic N) is 1. The summed E-state index contributed by atoms with van der Waals surface area (Å²) in [4.78, 5) is 18.2. The molecule has 0 spiro atoms. The van der Waals surface area contributed by atoms with Crippen LogP contribution in [-0.4, -0.2) is 18.0 Å². The van der Waals surface area contributed by atoms with E-state index in [1.165, 1.54) is 16.9 Å². The molecule has 166 valence electrons. The van der Waals surface area contributed by atoms with Crippen molar-refractivity contribution >= 4 is 55.7 Å². The molecule has 0 unspecified atom stereocenters. The van der Waals surface area contributed by atoms with E-state index >= 15 is 0 Å². The molecule has 0 aliphatic rings. The Morgan fingerprint density at radius 1 is 1.12 bits per heavy atom. The summed E-state index contributed by atoms with van der Waals surface area (Å²) in [6.45, 7) is 4.28. The molecule has 0 bridgehead atoms. The Bertz CT molecular complexity index is 1500. The second-order valence-electron chi connectivity index (χ2n) is 8.01. The summed E-state index contributed by atoms with van der Waals surface area (Å²) in [5.74, 6) is 1.11. The van der Waals surface area contributed by atoms with Crippen molar-refractivity contribution in [2.45, 2.75) is 19.8 Å². The number of benzene rings is 3. The number of nitrogens with one attached hydrogen (secondary N) is 1. The molecule has 0 saturated heterocycles. The highest BCUT2D eigenvalue weighted by molar-refractivity contribution is 7.21. The van der Waals surface area contributed by atoms with Crippen LogP contribution in [0.3, 0.4) is 0 Å². The van der Waals surface area contributed by atoms with Crippen molar-refractivity contribution in [1.29, 1.82) is 0 Å². The maximum absolute atomic E-state index is 13.1. The lowest BCUT2D eigenvalue weighted by Crippen LogP contribution is -2.11. The van der Waals surface area contributed by atoms with Crippen molar-refractivity contribution in [3.63, 3.8) is 0 Å². The van der Waals surface area contributed by atoms with E-state index in [-0.39, 0.29) is 5.91 Å². The summed E-state index contributed by atoms with van der Waals surface area (Å²) < 4.78 is 12.4. The SMILES string of the molecule is COc1ccc(-c2nc3cc(C(C)C)ccc3o2)cc1NC(=O)c1sc2ccccc2c1Cl. The Hall–Kier alpha value is -3.35. The zero-order chi connectivity index (χ0) is 23.1. The number of anilines is 1. The number of aromatic nitrogens is 1. The fourth-order valence-corrected chi connectivity index (χ4v) is 5.12. The minimum absolute atomic E-state index is 0.296. The number of oxazole rings is 1. The predicted molar refractivity (Wildman–Crippen MR) is 135 cm³/mol. The molecule has 0 aliphatic heterocycles. The van der Waals surface area contributed by atoms with E-state index < -0.39 is 0 Å². The van der Waals surface area contributed by atoms with Gasteiger partial charge < -0.3 is 14.5 Å². The van der Waals surface area contributed by atoms with Crippen LogP contribution in [0.25, 0.3) is 32.6 Å². The third kappa shape index (κ3) is 3.96. The number of thiophene rings is 1. The molecule has 33 heavy (non-hydrogen) atoms. The van der Waals surface area contributed by atoms with Crippen LogP contribution in [-0.2, 0) is 0 Å². The summed E-state index contributed by atoms with van der Waals surface area (Å²) in [5, 5.41) is 4.25. The van der Waals surface area contributed by atoms with Gasteiger partial charge in [0.2, 0.25) is 5.89 Å². The van der Waals surface area contributed by atoms with Gasteiger partial charge in [-0.05, 0) is 47.9 Å². The molecule has 7 heteroatoms. The van der Waals surface area contributed by atoms with Gasteiger partial charge in [-0.3, -0.25) is 4.79 Å². The van der Waals surface area contributed by atoms with E-state index in [4.69, 9.17) is 20.8 Å². The van der Waals surface area contributed by atoms with Gasteiger partial charge in [-0.25, -0.2) is 4.98 Å². The van der Waals surface area contributed by atoms with Crippen molar-refractivity contribution in [3.8, 4) is 17.2 Å². The van der Waals surface area contributed by atoms with Gasteiger partial charge in [-0.1, -0.05) is 49.7 Å². The summed E-state index contributed by atoms with van der Waals surface area (Å²) in [5.41, 5.74) is 3.96. The van der Waals surface area contributed by atoms with Crippen molar-refractivity contribution in [3.05, 3.63) is 76.1 Å². The van der Waals surface area contributed by atoms with Crippen LogP contribution in [0.2, 0.25) is 5.02 Å². The van der Waals surface area contributed by atoms with Gasteiger partial charge in [-0.15, -0.1) is 11.3 Å². The lowest BCUT2D eigenvalue weighted by Gasteiger charge is -2.11. The average molecular weight is 477 g/mol. The fraction of sp³-hybridized carbons (Fsp3) is 0.154. The molecule has 0 atom stereocenters. The quantitative estimate of drug-likeness (QED) is 0.281. The molecular weight excluding hydrogens is 456 g/mol. The van der Waals surface area contributed by atoms with Crippen LogP contribution in [0.1, 0.15) is 35.0 Å². The summed E-state index contributed by atoms with van der Waals surface area (Å²) >= 11 is 7.85. The monoisotopic (exact) mass is 476 g/mol. The molecule has 2 aromatic heterocycles. The molecule has 1 N–H and O–H groups in total. The molecule has 0 aliphatic carbocycles. The van der Waals surface area contributed by atoms with Gasteiger partial charge in [0.15, 0.2) is 5.58 Å². The van der Waals surface area contributed by atoms with E-state index in [1.807, 2.05) is 42.5 Å². The molecule has 0 radical (unpaired) electrons. The Labute approximate surface area is 200 Å². The maximum atomic E-state index is 13.1. The number of methoxy groups -OCH3 is 1. The van der Waals surface area contributed by atoms with Gasteiger partial charge in [0.1, 0.15) is 16.1 Å². The second kappa shape index (κ2) is 8.54. The Morgan fingerprint density at radius 2 is 1.94 bits per heavy atom. The van der Waals surface area contributed by atoms with E-state index in [9.17, 15) is 4.79 Å². The minimum atomic E-state index is -0.296. The molecule has 0 fully saturated rings. The molecule has 5 rings (SSSR count). The van der Waals surface area contributed by atoms with Crippen LogP contribution in [0.15, 0.2) is 65.1 Å². The highest BCUT2D eigenvalue weighted by atomic mass is 35.5. The lowest BCUT2D eigenvalue weighted by atomic mass is 10.0. The molecule has 2 heterocycles. The summed E-state index contributed by atoms with van der Waals surface area (Å²) in [6.07, 6.45) is 0. The number of carbonyl (C=O) groups is 1. The topological polar surface area (TPSA) is 64.4 Å². The number of hydrogen-bond acceptors (Lipinski definition) is 5. The first-order chi connectivity index (χ1) is 15.9. The summed E-state index contributed by atoms with van der Waals surface area (Å²) in [6, 6.07) is 19.2. The van der Waals surface area contributed by atoms with E-state index in [0.29, 0.717) is 38.7 Å². The maximum Gasteiger partial charge on any atom is 0.267 e. The molecular formula is C26H21ClN2O3S. The number of carbonyl (C=O) groups excluding carboxylic acids is 1. The van der Waals surface area contributed by atoms with Gasteiger partial charge in [0, 0.05) is 15.6 Å². The first kappa shape index (κ1) is 21.5. The molecule has 0 saturated carbocycles. The number of halogens is 1. The lowest BCUT2D eigenvalue weighted by molar-refractivity contribution is 0.103. The number of amides is 1. The van der Waals surface area contributed by atoms with Crippen LogP contribution in [0.4, 0.5) is 5.69 Å². The number of hydrogen-bond donors (Lipinski definition) is 1. The molecule has 1 amide bonds. The largest absolute Gasteiger partial charge is 0.495 e. The number of ether oxygens (including phenoxy) is 1. The van der Waals surface area contributed by atoms with Gasteiger partial charge >= 0.3 is 0 Å². The second-order valence-corrected chi connectivity index (χ2v) is 9.44. The molecule has 5 nitrogen and oxygen atoms in total. The number of fused-ring (bicyclic) bond motifs is 2.